The molecule has 0 aliphatic carbocycles. The Hall–Kier alpha value is -3.85. The Morgan fingerprint density at radius 1 is 0.464 bits per heavy atom. The van der Waals surface area contributed by atoms with Crippen LogP contribution in [-0.2, 0) is 32.7 Å². The summed E-state index contributed by atoms with van der Waals surface area (Å²) in [5, 5.41) is 0. The van der Waals surface area contributed by atoms with E-state index in [1.165, 1.54) is 32.1 Å². The Balaban J connectivity index is 4.19. The van der Waals surface area contributed by atoms with Crippen molar-refractivity contribution in [3.05, 3.63) is 134 Å². The van der Waals surface area contributed by atoms with Gasteiger partial charge in [-0.2, -0.15) is 0 Å². The largest absolute Gasteiger partial charge is 0.472 e. The first-order valence-electron chi connectivity index (χ1n) is 26.4. The van der Waals surface area contributed by atoms with Crippen molar-refractivity contribution >= 4 is 19.8 Å². The van der Waals surface area contributed by atoms with Gasteiger partial charge < -0.3 is 18.9 Å². The Morgan fingerprint density at radius 3 is 1.23 bits per heavy atom. The second-order valence-electron chi connectivity index (χ2n) is 18.2. The van der Waals surface area contributed by atoms with E-state index in [1.54, 1.807) is 0 Å². The standard InChI is InChI=1S/C59H96NO8P/c1-6-8-10-12-14-16-17-18-19-20-21-22-23-24-25-26-27-28-29-30-31-32-33-34-35-36-37-38-39-40-41-42-43-44-46-48-50-52-59(62)68-57(56-67-69(63,64)66-54-53-60(3,4)5)55-65-58(61)51-49-47-45-15-13-11-9-7-2/h8,10,14,16,18-19,21-22,24-25,27-28,30-31,33-34,36-37,39-40,42-43,57H,6-7,9,11-13,15,17,20,23,26,29,32,35,38,41,44-56H2,1-5H3/p+1/b10-8-,16-14-,19-18-,22-21-,25-24-,28-27-,31-30-,34-33-,37-36-,40-39-,43-42-. The van der Waals surface area contributed by atoms with E-state index in [0.717, 1.165) is 109 Å². The summed E-state index contributed by atoms with van der Waals surface area (Å²) >= 11 is 0. The number of esters is 2. The van der Waals surface area contributed by atoms with Crippen LogP contribution in [0, 0.1) is 0 Å². The molecular formula is C59H97NO8P+. The zero-order valence-electron chi connectivity index (χ0n) is 44.0. The fraction of sp³-hybridized carbons (Fsp3) is 0.593. The summed E-state index contributed by atoms with van der Waals surface area (Å²) in [5.74, 6) is -0.853. The fourth-order valence-electron chi connectivity index (χ4n) is 6.37. The van der Waals surface area contributed by atoms with Gasteiger partial charge >= 0.3 is 19.8 Å². The summed E-state index contributed by atoms with van der Waals surface area (Å²) in [4.78, 5) is 35.3. The third kappa shape index (κ3) is 53.4. The van der Waals surface area contributed by atoms with Crippen molar-refractivity contribution < 1.29 is 42.1 Å². The van der Waals surface area contributed by atoms with Gasteiger partial charge in [0, 0.05) is 12.8 Å². The number of rotatable bonds is 46. The third-order valence-corrected chi connectivity index (χ3v) is 11.4. The summed E-state index contributed by atoms with van der Waals surface area (Å²) in [6, 6.07) is 0. The van der Waals surface area contributed by atoms with Crippen LogP contribution in [0.4, 0.5) is 0 Å². The maximum atomic E-state index is 12.7. The summed E-state index contributed by atoms with van der Waals surface area (Å²) in [7, 11) is 1.43. The van der Waals surface area contributed by atoms with Crippen LogP contribution < -0.4 is 0 Å². The second-order valence-corrected chi connectivity index (χ2v) is 19.6. The molecule has 0 aliphatic heterocycles. The van der Waals surface area contributed by atoms with Gasteiger partial charge in [-0.15, -0.1) is 0 Å². The number of carbonyl (C=O) groups excluding carboxylic acids is 2. The first kappa shape index (κ1) is 65.1. The Kier molecular flexibility index (Phi) is 46.4. The smallest absolute Gasteiger partial charge is 0.462 e. The van der Waals surface area contributed by atoms with Gasteiger partial charge in [0.05, 0.1) is 27.7 Å². The van der Waals surface area contributed by atoms with Crippen molar-refractivity contribution in [2.45, 2.75) is 180 Å². The molecule has 1 N–H and O–H groups in total. The first-order chi connectivity index (χ1) is 33.5. The number of ether oxygens (including phenoxy) is 2. The fourth-order valence-corrected chi connectivity index (χ4v) is 7.11. The van der Waals surface area contributed by atoms with Gasteiger partial charge in [-0.3, -0.25) is 18.6 Å². The summed E-state index contributed by atoms with van der Waals surface area (Å²) in [6.45, 7) is 4.20. The van der Waals surface area contributed by atoms with Crippen molar-refractivity contribution in [1.82, 2.24) is 0 Å². The molecule has 2 atom stereocenters. The molecule has 0 fully saturated rings. The van der Waals surface area contributed by atoms with Gasteiger partial charge in [-0.05, 0) is 96.3 Å². The quantitative estimate of drug-likeness (QED) is 0.0211. The van der Waals surface area contributed by atoms with E-state index in [1.807, 2.05) is 21.1 Å². The van der Waals surface area contributed by atoms with Crippen LogP contribution in [0.2, 0.25) is 0 Å². The molecule has 0 aliphatic rings. The monoisotopic (exact) mass is 979 g/mol. The lowest BCUT2D eigenvalue weighted by Crippen LogP contribution is -2.37. The maximum absolute atomic E-state index is 12.7. The molecule has 0 radical (unpaired) electrons. The zero-order valence-corrected chi connectivity index (χ0v) is 44.9. The minimum absolute atomic E-state index is 0.0185. The lowest BCUT2D eigenvalue weighted by Gasteiger charge is -2.24. The van der Waals surface area contributed by atoms with Crippen LogP contribution in [0.1, 0.15) is 174 Å². The zero-order chi connectivity index (χ0) is 50.6. The average Bonchev–Trinajstić information content (AvgIpc) is 3.31. The highest BCUT2D eigenvalue weighted by atomic mass is 31.2. The van der Waals surface area contributed by atoms with Crippen LogP contribution in [0.25, 0.3) is 0 Å². The van der Waals surface area contributed by atoms with Gasteiger partial charge in [0.2, 0.25) is 0 Å². The molecule has 0 saturated heterocycles. The number of phosphoric acid groups is 1. The van der Waals surface area contributed by atoms with Crippen LogP contribution in [0.3, 0.4) is 0 Å². The molecule has 69 heavy (non-hydrogen) atoms. The van der Waals surface area contributed by atoms with E-state index in [-0.39, 0.29) is 32.0 Å². The minimum Gasteiger partial charge on any atom is -0.462 e. The van der Waals surface area contributed by atoms with E-state index >= 15 is 0 Å². The number of quaternary nitrogens is 1. The predicted octanol–water partition coefficient (Wildman–Crippen LogP) is 16.2. The molecular weight excluding hydrogens is 882 g/mol. The first-order valence-corrected chi connectivity index (χ1v) is 27.9. The number of hydrogen-bond donors (Lipinski definition) is 1. The summed E-state index contributed by atoms with van der Waals surface area (Å²) in [6.07, 6.45) is 71.1. The molecule has 0 aromatic carbocycles. The molecule has 2 unspecified atom stereocenters. The molecule has 0 heterocycles. The van der Waals surface area contributed by atoms with Crippen molar-refractivity contribution in [3.8, 4) is 0 Å². The van der Waals surface area contributed by atoms with Crippen LogP contribution in [0.15, 0.2) is 134 Å². The number of unbranched alkanes of at least 4 members (excludes halogenated alkanes) is 10. The van der Waals surface area contributed by atoms with Gasteiger partial charge in [-0.1, -0.05) is 199 Å². The summed E-state index contributed by atoms with van der Waals surface area (Å²) < 4.78 is 34.2. The number of nitrogens with zero attached hydrogens (tertiary/aromatic N) is 1. The van der Waals surface area contributed by atoms with Crippen molar-refractivity contribution in [2.24, 2.45) is 0 Å². The number of hydrogen-bond acceptors (Lipinski definition) is 7. The highest BCUT2D eigenvalue weighted by molar-refractivity contribution is 7.47. The molecule has 10 heteroatoms. The van der Waals surface area contributed by atoms with E-state index in [2.05, 4.69) is 148 Å². The van der Waals surface area contributed by atoms with Crippen LogP contribution in [-0.4, -0.2) is 74.9 Å². The van der Waals surface area contributed by atoms with Crippen molar-refractivity contribution in [1.29, 1.82) is 0 Å². The minimum atomic E-state index is -4.39. The predicted molar refractivity (Wildman–Crippen MR) is 293 cm³/mol. The number of allylic oxidation sites excluding steroid dienone is 22. The number of carbonyl (C=O) groups is 2. The van der Waals surface area contributed by atoms with Crippen LogP contribution in [0.5, 0.6) is 0 Å². The second kappa shape index (κ2) is 49.1. The molecule has 390 valence electrons. The average molecular weight is 979 g/mol. The van der Waals surface area contributed by atoms with E-state index < -0.39 is 26.5 Å². The molecule has 0 spiro atoms. The number of phosphoric ester groups is 1. The number of likely N-dealkylation sites (N-methyl/N-ethyl adjacent to an activating group) is 1. The Labute approximate surface area is 421 Å². The lowest BCUT2D eigenvalue weighted by molar-refractivity contribution is -0.870. The molecule has 0 aromatic rings. The molecule has 9 nitrogen and oxygen atoms in total. The molecule has 0 bridgehead atoms. The highest BCUT2D eigenvalue weighted by Crippen LogP contribution is 2.43. The van der Waals surface area contributed by atoms with Gasteiger partial charge in [0.1, 0.15) is 19.8 Å². The van der Waals surface area contributed by atoms with Gasteiger partial charge in [0.15, 0.2) is 6.10 Å². The molecule has 0 amide bonds. The van der Waals surface area contributed by atoms with Crippen molar-refractivity contribution in [2.75, 3.05) is 47.5 Å². The Bertz CT molecular complexity index is 1620. The van der Waals surface area contributed by atoms with Crippen molar-refractivity contribution in [3.63, 3.8) is 0 Å². The lowest BCUT2D eigenvalue weighted by atomic mass is 10.1. The molecule has 0 aromatic heterocycles. The Morgan fingerprint density at radius 2 is 0.826 bits per heavy atom. The van der Waals surface area contributed by atoms with Gasteiger partial charge in [0.25, 0.3) is 0 Å². The molecule has 0 saturated carbocycles. The normalized spacial score (nSPS) is 14.5. The third-order valence-electron chi connectivity index (χ3n) is 10.4. The summed E-state index contributed by atoms with van der Waals surface area (Å²) in [5.41, 5.74) is 0. The van der Waals surface area contributed by atoms with E-state index in [4.69, 9.17) is 18.5 Å². The topological polar surface area (TPSA) is 108 Å². The molecule has 0 rings (SSSR count). The maximum Gasteiger partial charge on any atom is 0.472 e. The van der Waals surface area contributed by atoms with E-state index in [9.17, 15) is 19.0 Å². The highest BCUT2D eigenvalue weighted by Gasteiger charge is 2.27. The van der Waals surface area contributed by atoms with Gasteiger partial charge in [-0.25, -0.2) is 4.57 Å². The van der Waals surface area contributed by atoms with E-state index in [0.29, 0.717) is 17.4 Å². The SMILES string of the molecule is CC/C=C\C/C=C\C/C=C\C/C=C\C/C=C\C/C=C\C/C=C\C/C=C\C/C=C\C/C=C\C/C=C\CCCCCC(=O)OC(COC(=O)CCCCCCCCCC)COP(=O)(O)OCC[N+](C)(C)C. The van der Waals surface area contributed by atoms with Crippen LogP contribution >= 0.6 is 7.82 Å².